The molecule has 0 aliphatic carbocycles. The second-order valence-corrected chi connectivity index (χ2v) is 6.40. The minimum atomic E-state index is -3.75. The van der Waals surface area contributed by atoms with Crippen molar-refractivity contribution in [3.63, 3.8) is 0 Å². The van der Waals surface area contributed by atoms with E-state index < -0.39 is 27.7 Å². The lowest BCUT2D eigenvalue weighted by Crippen LogP contribution is -2.21. The van der Waals surface area contributed by atoms with Crippen molar-refractivity contribution in [2.75, 3.05) is 5.94 Å². The fourth-order valence-electron chi connectivity index (χ4n) is 1.74. The van der Waals surface area contributed by atoms with Gasteiger partial charge in [-0.1, -0.05) is 18.2 Å². The molecule has 7 nitrogen and oxygen atoms in total. The minimum absolute atomic E-state index is 0. The molecule has 0 spiro atoms. The van der Waals surface area contributed by atoms with E-state index in [1.54, 1.807) is 18.2 Å². The monoisotopic (exact) mass is 395 g/mol. The number of hydrogen-bond donors (Lipinski definition) is 2. The first kappa shape index (κ1) is 22.0. The standard InChI is InChI=1S/C14H13NO6S.2ClH/c16-13(17)10-6-11(8-15-7-10)14(18)21-9-22(19,20)12-4-2-1-3-5-12;;/h1-5,7-8,15H,6,9H2,(H,16,17);2*1H. The summed E-state index contributed by atoms with van der Waals surface area (Å²) in [7, 11) is -3.75. The molecule has 1 aliphatic rings. The number of aliphatic carboxylic acids is 1. The van der Waals surface area contributed by atoms with E-state index in [-0.39, 0.29) is 47.3 Å². The van der Waals surface area contributed by atoms with Crippen molar-refractivity contribution in [1.29, 1.82) is 0 Å². The number of rotatable bonds is 5. The van der Waals surface area contributed by atoms with E-state index in [2.05, 4.69) is 5.32 Å². The molecule has 0 fully saturated rings. The van der Waals surface area contributed by atoms with Crippen LogP contribution < -0.4 is 5.32 Å². The van der Waals surface area contributed by atoms with Crippen LogP contribution in [0.4, 0.5) is 0 Å². The maximum atomic E-state index is 12.0. The van der Waals surface area contributed by atoms with Gasteiger partial charge in [-0.05, 0) is 12.1 Å². The van der Waals surface area contributed by atoms with Gasteiger partial charge >= 0.3 is 11.9 Å². The average molecular weight is 396 g/mol. The van der Waals surface area contributed by atoms with Crippen LogP contribution >= 0.6 is 24.8 Å². The van der Waals surface area contributed by atoms with Gasteiger partial charge in [-0.2, -0.15) is 0 Å². The first-order valence-corrected chi connectivity index (χ1v) is 7.88. The zero-order valence-corrected chi connectivity index (χ0v) is 14.6. The van der Waals surface area contributed by atoms with Crippen LogP contribution in [0.3, 0.4) is 0 Å². The molecule has 1 aliphatic heterocycles. The minimum Gasteiger partial charge on any atom is -0.478 e. The molecule has 0 amide bonds. The van der Waals surface area contributed by atoms with E-state index >= 15 is 0 Å². The summed E-state index contributed by atoms with van der Waals surface area (Å²) >= 11 is 0. The van der Waals surface area contributed by atoms with E-state index in [9.17, 15) is 18.0 Å². The topological polar surface area (TPSA) is 110 Å². The van der Waals surface area contributed by atoms with Gasteiger partial charge < -0.3 is 15.2 Å². The lowest BCUT2D eigenvalue weighted by atomic mass is 10.1. The fourth-order valence-corrected chi connectivity index (χ4v) is 2.71. The van der Waals surface area contributed by atoms with Gasteiger partial charge in [0.25, 0.3) is 0 Å². The molecule has 2 rings (SSSR count). The third-order valence-electron chi connectivity index (χ3n) is 2.88. The number of ether oxygens (including phenoxy) is 1. The number of carbonyl (C=O) groups excluding carboxylic acids is 1. The summed E-state index contributed by atoms with van der Waals surface area (Å²) in [6.07, 6.45) is 2.40. The molecule has 0 atom stereocenters. The molecule has 0 bridgehead atoms. The van der Waals surface area contributed by atoms with Gasteiger partial charge in [0.1, 0.15) is 0 Å². The summed E-state index contributed by atoms with van der Waals surface area (Å²) in [5.41, 5.74) is 0.0310. The smallest absolute Gasteiger partial charge is 0.336 e. The van der Waals surface area contributed by atoms with Crippen LogP contribution in [0.2, 0.25) is 0 Å². The summed E-state index contributed by atoms with van der Waals surface area (Å²) in [5, 5.41) is 11.4. The van der Waals surface area contributed by atoms with Crippen LogP contribution in [0.25, 0.3) is 0 Å². The molecule has 0 radical (unpaired) electrons. The molecule has 0 saturated carbocycles. The summed E-state index contributed by atoms with van der Waals surface area (Å²) in [4.78, 5) is 22.7. The van der Waals surface area contributed by atoms with Crippen LogP contribution in [-0.2, 0) is 24.2 Å². The molecule has 132 valence electrons. The number of esters is 1. The molecular weight excluding hydrogens is 381 g/mol. The summed E-state index contributed by atoms with van der Waals surface area (Å²) in [5.74, 6) is -2.85. The first-order chi connectivity index (χ1) is 10.4. The normalized spacial score (nSPS) is 13.2. The van der Waals surface area contributed by atoms with Gasteiger partial charge in [0.05, 0.1) is 16.0 Å². The predicted molar refractivity (Wildman–Crippen MR) is 90.6 cm³/mol. The highest BCUT2D eigenvalue weighted by atomic mass is 35.5. The Kier molecular flexibility index (Phi) is 8.52. The molecule has 1 aromatic carbocycles. The van der Waals surface area contributed by atoms with Crippen LogP contribution in [0, 0.1) is 0 Å². The van der Waals surface area contributed by atoms with E-state index in [4.69, 9.17) is 9.84 Å². The zero-order valence-electron chi connectivity index (χ0n) is 12.2. The van der Waals surface area contributed by atoms with E-state index in [0.717, 1.165) is 0 Å². The second kappa shape index (κ2) is 9.31. The molecule has 0 saturated heterocycles. The highest BCUT2D eigenvalue weighted by Crippen LogP contribution is 2.17. The van der Waals surface area contributed by atoms with Crippen molar-refractivity contribution in [2.45, 2.75) is 11.3 Å². The van der Waals surface area contributed by atoms with E-state index in [0.29, 0.717) is 0 Å². The Balaban J connectivity index is 0.00000264. The number of halogens is 2. The molecule has 1 heterocycles. The molecule has 10 heteroatoms. The average Bonchev–Trinajstić information content (AvgIpc) is 2.53. The molecule has 0 aromatic heterocycles. The van der Waals surface area contributed by atoms with Crippen molar-refractivity contribution < 1.29 is 27.9 Å². The number of dihydropyridines is 1. The summed E-state index contributed by atoms with van der Waals surface area (Å²) in [6, 6.07) is 7.59. The van der Waals surface area contributed by atoms with Gasteiger partial charge in [0.15, 0.2) is 5.94 Å². The Morgan fingerprint density at radius 1 is 1.08 bits per heavy atom. The Morgan fingerprint density at radius 3 is 2.25 bits per heavy atom. The molecule has 0 unspecified atom stereocenters. The lowest BCUT2D eigenvalue weighted by molar-refractivity contribution is -0.137. The van der Waals surface area contributed by atoms with Gasteiger partial charge in [-0.3, -0.25) is 0 Å². The number of sulfone groups is 1. The first-order valence-electron chi connectivity index (χ1n) is 6.22. The molecule has 2 N–H and O–H groups in total. The van der Waals surface area contributed by atoms with Crippen molar-refractivity contribution in [1.82, 2.24) is 5.32 Å². The number of benzene rings is 1. The number of nitrogens with one attached hydrogen (secondary N) is 1. The van der Waals surface area contributed by atoms with Crippen molar-refractivity contribution in [3.8, 4) is 0 Å². The second-order valence-electron chi connectivity index (χ2n) is 4.47. The Bertz CT molecular complexity index is 759. The third-order valence-corrected chi connectivity index (χ3v) is 4.30. The number of hydrogen-bond acceptors (Lipinski definition) is 6. The van der Waals surface area contributed by atoms with E-state index in [1.165, 1.54) is 24.5 Å². The van der Waals surface area contributed by atoms with Crippen LogP contribution in [0.15, 0.2) is 58.8 Å². The van der Waals surface area contributed by atoms with Gasteiger partial charge in [0, 0.05) is 18.8 Å². The van der Waals surface area contributed by atoms with Gasteiger partial charge in [-0.25, -0.2) is 18.0 Å². The third kappa shape index (κ3) is 5.55. The Hall–Kier alpha value is -2.03. The largest absolute Gasteiger partial charge is 0.478 e. The van der Waals surface area contributed by atoms with Crippen LogP contribution in [-0.4, -0.2) is 31.4 Å². The number of carbonyl (C=O) groups is 2. The van der Waals surface area contributed by atoms with Gasteiger partial charge in [0.2, 0.25) is 9.84 Å². The highest BCUT2D eigenvalue weighted by molar-refractivity contribution is 7.91. The van der Waals surface area contributed by atoms with Crippen LogP contribution in [0.1, 0.15) is 6.42 Å². The highest BCUT2D eigenvalue weighted by Gasteiger charge is 2.22. The molecular formula is C14H15Cl2NO6S. The maximum absolute atomic E-state index is 12.0. The zero-order chi connectivity index (χ0) is 16.2. The summed E-state index contributed by atoms with van der Waals surface area (Å²) < 4.78 is 28.7. The Labute approximate surface area is 151 Å². The predicted octanol–water partition coefficient (Wildman–Crippen LogP) is 1.65. The SMILES string of the molecule is Cl.Cl.O=C(O)C1=CNC=C(C(=O)OCS(=O)(=O)c2ccccc2)C1. The molecule has 1 aromatic rings. The quantitative estimate of drug-likeness (QED) is 0.729. The van der Waals surface area contributed by atoms with E-state index in [1.807, 2.05) is 0 Å². The van der Waals surface area contributed by atoms with Crippen LogP contribution in [0.5, 0.6) is 0 Å². The Morgan fingerprint density at radius 2 is 1.67 bits per heavy atom. The molecule has 24 heavy (non-hydrogen) atoms. The fraction of sp³-hybridized carbons (Fsp3) is 0.143. The maximum Gasteiger partial charge on any atom is 0.336 e. The number of carboxylic acids is 1. The van der Waals surface area contributed by atoms with Gasteiger partial charge in [-0.15, -0.1) is 24.8 Å². The lowest BCUT2D eigenvalue weighted by Gasteiger charge is -2.13. The number of carboxylic acid groups (broad SMARTS) is 1. The van der Waals surface area contributed by atoms with Crippen molar-refractivity contribution in [3.05, 3.63) is 53.9 Å². The van der Waals surface area contributed by atoms with Crippen molar-refractivity contribution in [2.24, 2.45) is 0 Å². The van der Waals surface area contributed by atoms with Crippen molar-refractivity contribution >= 4 is 46.6 Å². The summed E-state index contributed by atoms with van der Waals surface area (Å²) in [6.45, 7) is 0.